The molecule has 0 spiro atoms. The molecule has 0 radical (unpaired) electrons. The van der Waals surface area contributed by atoms with Crippen LogP contribution in [0.1, 0.15) is 56.9 Å². The number of likely N-dealkylation sites (N-methyl/N-ethyl adjacent to an activating group) is 1. The lowest BCUT2D eigenvalue weighted by Gasteiger charge is -2.41. The number of hydrogen-bond donors (Lipinski definition) is 2. The molecule has 2 N–H and O–H groups in total. The second-order valence-electron chi connectivity index (χ2n) is 8.00. The van der Waals surface area contributed by atoms with Gasteiger partial charge in [0.2, 0.25) is 0 Å². The summed E-state index contributed by atoms with van der Waals surface area (Å²) in [5.74, 6) is -0.994. The van der Waals surface area contributed by atoms with E-state index >= 15 is 0 Å². The molecule has 3 rings (SSSR count). The van der Waals surface area contributed by atoms with Crippen LogP contribution in [0, 0.1) is 0 Å². The van der Waals surface area contributed by atoms with Crippen LogP contribution in [-0.4, -0.2) is 66.4 Å². The van der Waals surface area contributed by atoms with Crippen LogP contribution in [0.25, 0.3) is 0 Å². The third-order valence-electron chi connectivity index (χ3n) is 6.06. The summed E-state index contributed by atoms with van der Waals surface area (Å²) >= 11 is 1.72. The third kappa shape index (κ3) is 5.55. The predicted molar refractivity (Wildman–Crippen MR) is 113 cm³/mol. The Kier molecular flexibility index (Phi) is 7.88. The molecule has 2 amide bonds. The van der Waals surface area contributed by atoms with Crippen molar-refractivity contribution in [1.29, 1.82) is 0 Å². The molecule has 1 saturated heterocycles. The highest BCUT2D eigenvalue weighted by atomic mass is 32.1. The summed E-state index contributed by atoms with van der Waals surface area (Å²) in [6, 6.07) is 4.31. The zero-order chi connectivity index (χ0) is 19.9. The van der Waals surface area contributed by atoms with Gasteiger partial charge in [-0.25, -0.2) is 0 Å². The second kappa shape index (κ2) is 10.4. The maximum absolute atomic E-state index is 12.5. The number of nitrogens with zero attached hydrogens (tertiary/aromatic N) is 2. The lowest BCUT2D eigenvalue weighted by molar-refractivity contribution is -0.140. The molecule has 1 aromatic rings. The monoisotopic (exact) mass is 406 g/mol. The first kappa shape index (κ1) is 21.3. The Bertz CT molecular complexity index is 622. The molecule has 6 nitrogen and oxygen atoms in total. The highest BCUT2D eigenvalue weighted by molar-refractivity contribution is 7.10. The van der Waals surface area contributed by atoms with Crippen LogP contribution >= 0.6 is 11.3 Å². The minimum Gasteiger partial charge on any atom is -0.345 e. The van der Waals surface area contributed by atoms with E-state index in [4.69, 9.17) is 0 Å². The van der Waals surface area contributed by atoms with Crippen molar-refractivity contribution in [2.75, 3.05) is 32.7 Å². The molecular formula is C21H34N4O2S. The molecule has 2 heterocycles. The molecule has 1 saturated carbocycles. The topological polar surface area (TPSA) is 64.7 Å². The van der Waals surface area contributed by atoms with E-state index in [2.05, 4.69) is 44.9 Å². The second-order valence-corrected chi connectivity index (χ2v) is 8.98. The standard InChI is InChI=1S/C21H34N4O2S/c1-3-24-11-13-25(14-12-24)19(18-10-7-15-28-18)16(2)22-20(26)21(27)23-17-8-5-4-6-9-17/h7,10,15-17,19H,3-6,8-9,11-14H2,1-2H3,(H,22,26)(H,23,27). The first-order chi connectivity index (χ1) is 13.6. The summed E-state index contributed by atoms with van der Waals surface area (Å²) in [4.78, 5) is 31.0. The van der Waals surface area contributed by atoms with Crippen molar-refractivity contribution in [3.05, 3.63) is 22.4 Å². The number of carbonyl (C=O) groups excluding carboxylic acids is 2. The number of carbonyl (C=O) groups is 2. The Hall–Kier alpha value is -1.44. The SMILES string of the molecule is CCN1CCN(C(c2cccs2)C(C)NC(=O)C(=O)NC2CCCCC2)CC1. The van der Waals surface area contributed by atoms with E-state index < -0.39 is 11.8 Å². The minimum absolute atomic E-state index is 0.102. The maximum atomic E-state index is 12.5. The van der Waals surface area contributed by atoms with Crippen LogP contribution in [0.15, 0.2) is 17.5 Å². The maximum Gasteiger partial charge on any atom is 0.309 e. The molecule has 2 unspecified atom stereocenters. The van der Waals surface area contributed by atoms with Gasteiger partial charge in [0.1, 0.15) is 0 Å². The summed E-state index contributed by atoms with van der Waals surface area (Å²) in [6.45, 7) is 9.33. The van der Waals surface area contributed by atoms with E-state index in [-0.39, 0.29) is 18.1 Å². The van der Waals surface area contributed by atoms with Crippen LogP contribution in [0.5, 0.6) is 0 Å². The molecule has 2 atom stereocenters. The Labute approximate surface area is 172 Å². The number of rotatable bonds is 6. The summed E-state index contributed by atoms with van der Waals surface area (Å²) in [7, 11) is 0. The molecule has 7 heteroatoms. The van der Waals surface area contributed by atoms with Gasteiger partial charge < -0.3 is 15.5 Å². The molecule has 1 aromatic heterocycles. The van der Waals surface area contributed by atoms with Crippen molar-refractivity contribution in [2.24, 2.45) is 0 Å². The molecule has 2 aliphatic rings. The number of amides is 2. The van der Waals surface area contributed by atoms with Gasteiger partial charge in [-0.2, -0.15) is 0 Å². The van der Waals surface area contributed by atoms with Crippen LogP contribution in [0.3, 0.4) is 0 Å². The Morgan fingerprint density at radius 3 is 2.46 bits per heavy atom. The van der Waals surface area contributed by atoms with Crippen molar-refractivity contribution in [1.82, 2.24) is 20.4 Å². The fourth-order valence-corrected chi connectivity index (χ4v) is 5.37. The van der Waals surface area contributed by atoms with E-state index in [1.165, 1.54) is 11.3 Å². The molecule has 28 heavy (non-hydrogen) atoms. The molecule has 0 bridgehead atoms. The quantitative estimate of drug-likeness (QED) is 0.712. The summed E-state index contributed by atoms with van der Waals surface area (Å²) in [5, 5.41) is 7.98. The van der Waals surface area contributed by atoms with Gasteiger partial charge in [0.15, 0.2) is 0 Å². The lowest BCUT2D eigenvalue weighted by atomic mass is 9.95. The molecular weight excluding hydrogens is 372 g/mol. The zero-order valence-corrected chi connectivity index (χ0v) is 18.0. The van der Waals surface area contributed by atoms with Crippen LogP contribution in [0.2, 0.25) is 0 Å². The third-order valence-corrected chi connectivity index (χ3v) is 7.00. The zero-order valence-electron chi connectivity index (χ0n) is 17.2. The lowest BCUT2D eigenvalue weighted by Crippen LogP contribution is -2.54. The van der Waals surface area contributed by atoms with Gasteiger partial charge in [-0.15, -0.1) is 11.3 Å². The van der Waals surface area contributed by atoms with E-state index in [1.54, 1.807) is 11.3 Å². The van der Waals surface area contributed by atoms with E-state index in [0.29, 0.717) is 0 Å². The van der Waals surface area contributed by atoms with Crippen LogP contribution < -0.4 is 10.6 Å². The van der Waals surface area contributed by atoms with Gasteiger partial charge >= 0.3 is 11.8 Å². The van der Waals surface area contributed by atoms with Crippen molar-refractivity contribution in [3.8, 4) is 0 Å². The Balaban J connectivity index is 1.60. The van der Waals surface area contributed by atoms with Gasteiger partial charge in [-0.1, -0.05) is 32.3 Å². The van der Waals surface area contributed by atoms with E-state index in [0.717, 1.165) is 58.4 Å². The molecule has 1 aliphatic heterocycles. The Morgan fingerprint density at radius 2 is 1.86 bits per heavy atom. The largest absolute Gasteiger partial charge is 0.345 e. The van der Waals surface area contributed by atoms with Gasteiger partial charge in [-0.3, -0.25) is 14.5 Å². The van der Waals surface area contributed by atoms with Crippen molar-refractivity contribution in [3.63, 3.8) is 0 Å². The first-order valence-corrected chi connectivity index (χ1v) is 11.6. The van der Waals surface area contributed by atoms with E-state index in [1.807, 2.05) is 6.92 Å². The highest BCUT2D eigenvalue weighted by Gasteiger charge is 2.32. The minimum atomic E-state index is -0.508. The fourth-order valence-electron chi connectivity index (χ4n) is 4.41. The highest BCUT2D eigenvalue weighted by Crippen LogP contribution is 2.29. The average molecular weight is 407 g/mol. The summed E-state index contributed by atoms with van der Waals surface area (Å²) in [5.41, 5.74) is 0. The molecule has 156 valence electrons. The number of piperazine rings is 1. The van der Waals surface area contributed by atoms with E-state index in [9.17, 15) is 9.59 Å². The predicted octanol–water partition coefficient (Wildman–Crippen LogP) is 2.38. The average Bonchev–Trinajstić information content (AvgIpc) is 3.23. The van der Waals surface area contributed by atoms with Crippen molar-refractivity contribution >= 4 is 23.2 Å². The van der Waals surface area contributed by atoms with Crippen molar-refractivity contribution < 1.29 is 9.59 Å². The van der Waals surface area contributed by atoms with Gasteiger partial charge in [-0.05, 0) is 37.8 Å². The molecule has 1 aliphatic carbocycles. The number of nitrogens with one attached hydrogen (secondary N) is 2. The van der Waals surface area contributed by atoms with Crippen LogP contribution in [-0.2, 0) is 9.59 Å². The first-order valence-electron chi connectivity index (χ1n) is 10.7. The number of hydrogen-bond acceptors (Lipinski definition) is 5. The molecule has 2 fully saturated rings. The van der Waals surface area contributed by atoms with Gasteiger partial charge in [0.05, 0.1) is 6.04 Å². The smallest absolute Gasteiger partial charge is 0.309 e. The van der Waals surface area contributed by atoms with Crippen molar-refractivity contribution in [2.45, 2.75) is 64.1 Å². The fraction of sp³-hybridized carbons (Fsp3) is 0.714. The molecule has 0 aromatic carbocycles. The summed E-state index contributed by atoms with van der Waals surface area (Å²) in [6.07, 6.45) is 5.45. The normalized spacial score (nSPS) is 21.8. The Morgan fingerprint density at radius 1 is 1.14 bits per heavy atom. The van der Waals surface area contributed by atoms with Gasteiger partial charge in [0, 0.05) is 43.1 Å². The number of thiophene rings is 1. The van der Waals surface area contributed by atoms with Gasteiger partial charge in [0.25, 0.3) is 0 Å². The summed E-state index contributed by atoms with van der Waals surface area (Å²) < 4.78 is 0. The van der Waals surface area contributed by atoms with Crippen LogP contribution in [0.4, 0.5) is 0 Å².